The zero-order valence-corrected chi connectivity index (χ0v) is 8.10. The van der Waals surface area contributed by atoms with Gasteiger partial charge in [-0.25, -0.2) is 0 Å². The van der Waals surface area contributed by atoms with Gasteiger partial charge >= 0.3 is 11.8 Å². The van der Waals surface area contributed by atoms with Crippen molar-refractivity contribution in [3.8, 4) is 0 Å². The Morgan fingerprint density at radius 3 is 2.13 bits per heavy atom. The molecule has 88 valence electrons. The average molecular weight is 229 g/mol. The normalized spacial score (nSPS) is 23.1. The van der Waals surface area contributed by atoms with Gasteiger partial charge in [0.25, 0.3) is 0 Å². The second-order valence-electron chi connectivity index (χ2n) is 3.40. The van der Waals surface area contributed by atoms with Crippen LogP contribution in [0.1, 0.15) is 6.42 Å². The second-order valence-corrected chi connectivity index (χ2v) is 3.40. The van der Waals surface area contributed by atoms with Crippen LogP contribution in [0.5, 0.6) is 0 Å². The number of hydrogen-bond acceptors (Lipinski definition) is 2. The maximum absolute atomic E-state index is 12.7. The van der Waals surface area contributed by atoms with Gasteiger partial charge in [0.15, 0.2) is 0 Å². The molecular weight excluding hydrogens is 218 g/mol. The SMILES string of the molecule is COCCC(=O)N1CC(F)(F)C(F)(F)C1. The van der Waals surface area contributed by atoms with E-state index in [0.29, 0.717) is 4.90 Å². The Morgan fingerprint density at radius 2 is 1.73 bits per heavy atom. The first-order chi connectivity index (χ1) is 6.80. The van der Waals surface area contributed by atoms with E-state index in [9.17, 15) is 22.4 Å². The Bertz CT molecular complexity index is 241. The molecule has 0 spiro atoms. The molecule has 0 aromatic carbocycles. The summed E-state index contributed by atoms with van der Waals surface area (Å²) in [6.07, 6.45) is -0.164. The van der Waals surface area contributed by atoms with Crippen molar-refractivity contribution in [2.75, 3.05) is 26.8 Å². The van der Waals surface area contributed by atoms with Crippen LogP contribution in [0.2, 0.25) is 0 Å². The highest BCUT2D eigenvalue weighted by Crippen LogP contribution is 2.40. The summed E-state index contributed by atoms with van der Waals surface area (Å²) < 4.78 is 55.3. The number of carbonyl (C=O) groups is 1. The Hall–Kier alpha value is -0.850. The zero-order chi connectivity index (χ0) is 11.7. The summed E-state index contributed by atoms with van der Waals surface area (Å²) in [5.74, 6) is -9.00. The van der Waals surface area contributed by atoms with Gasteiger partial charge in [-0.15, -0.1) is 0 Å². The summed E-state index contributed by atoms with van der Waals surface area (Å²) in [5, 5.41) is 0. The largest absolute Gasteiger partial charge is 0.384 e. The monoisotopic (exact) mass is 229 g/mol. The number of hydrogen-bond donors (Lipinski definition) is 0. The smallest absolute Gasteiger partial charge is 0.329 e. The minimum Gasteiger partial charge on any atom is -0.384 e. The van der Waals surface area contributed by atoms with Crippen molar-refractivity contribution < 1.29 is 27.1 Å². The van der Waals surface area contributed by atoms with Crippen LogP contribution < -0.4 is 0 Å². The summed E-state index contributed by atoms with van der Waals surface area (Å²) in [4.78, 5) is 11.6. The van der Waals surface area contributed by atoms with Crippen LogP contribution in [-0.4, -0.2) is 49.5 Å². The lowest BCUT2D eigenvalue weighted by Gasteiger charge is -2.14. The summed E-state index contributed by atoms with van der Waals surface area (Å²) in [6.45, 7) is -2.41. The third-order valence-electron chi connectivity index (χ3n) is 2.19. The molecule has 0 bridgehead atoms. The molecule has 0 aliphatic carbocycles. The molecule has 0 aromatic rings. The van der Waals surface area contributed by atoms with E-state index < -0.39 is 30.8 Å². The van der Waals surface area contributed by atoms with Crippen LogP contribution >= 0.6 is 0 Å². The lowest BCUT2D eigenvalue weighted by molar-refractivity contribution is -0.172. The fourth-order valence-corrected chi connectivity index (χ4v) is 1.29. The highest BCUT2D eigenvalue weighted by Gasteiger charge is 2.63. The van der Waals surface area contributed by atoms with Crippen LogP contribution in [0.25, 0.3) is 0 Å². The highest BCUT2D eigenvalue weighted by molar-refractivity contribution is 5.76. The minimum atomic E-state index is -4.13. The van der Waals surface area contributed by atoms with Crippen molar-refractivity contribution in [2.45, 2.75) is 18.3 Å². The van der Waals surface area contributed by atoms with Gasteiger partial charge in [0.1, 0.15) is 0 Å². The van der Waals surface area contributed by atoms with E-state index in [-0.39, 0.29) is 13.0 Å². The molecule has 1 heterocycles. The lowest BCUT2D eigenvalue weighted by Crippen LogP contribution is -2.38. The van der Waals surface area contributed by atoms with E-state index in [1.54, 1.807) is 0 Å². The van der Waals surface area contributed by atoms with Crippen LogP contribution in [0.3, 0.4) is 0 Å². The number of amides is 1. The second kappa shape index (κ2) is 3.96. The molecule has 1 rings (SSSR count). The fraction of sp³-hybridized carbons (Fsp3) is 0.875. The standard InChI is InChI=1S/C8H11F4NO2/c1-15-3-2-6(14)13-4-7(9,10)8(11,12)5-13/h2-5H2,1H3. The van der Waals surface area contributed by atoms with Crippen molar-refractivity contribution in [1.82, 2.24) is 4.90 Å². The number of alkyl halides is 4. The highest BCUT2D eigenvalue weighted by atomic mass is 19.3. The van der Waals surface area contributed by atoms with Gasteiger partial charge in [0, 0.05) is 7.11 Å². The Balaban J connectivity index is 2.59. The number of carbonyl (C=O) groups excluding carboxylic acids is 1. The maximum atomic E-state index is 12.7. The quantitative estimate of drug-likeness (QED) is 0.679. The Labute approximate surface area is 84.0 Å². The molecule has 1 aliphatic heterocycles. The number of rotatable bonds is 3. The Morgan fingerprint density at radius 1 is 1.27 bits per heavy atom. The van der Waals surface area contributed by atoms with Gasteiger partial charge < -0.3 is 9.64 Å². The van der Waals surface area contributed by atoms with Crippen molar-refractivity contribution >= 4 is 5.91 Å². The van der Waals surface area contributed by atoms with E-state index in [1.165, 1.54) is 7.11 Å². The Kier molecular flexibility index (Phi) is 3.22. The first-order valence-corrected chi connectivity index (χ1v) is 4.32. The molecular formula is C8H11F4NO2. The van der Waals surface area contributed by atoms with Crippen LogP contribution in [0.4, 0.5) is 17.6 Å². The van der Waals surface area contributed by atoms with E-state index in [4.69, 9.17) is 0 Å². The number of halogens is 4. The van der Waals surface area contributed by atoms with E-state index in [2.05, 4.69) is 4.74 Å². The van der Waals surface area contributed by atoms with Gasteiger partial charge in [-0.3, -0.25) is 4.79 Å². The van der Waals surface area contributed by atoms with E-state index in [1.807, 2.05) is 0 Å². The average Bonchev–Trinajstić information content (AvgIpc) is 2.32. The number of methoxy groups -OCH3 is 1. The topological polar surface area (TPSA) is 29.5 Å². The predicted octanol–water partition coefficient (Wildman–Crippen LogP) is 1.14. The molecule has 0 saturated carbocycles. The molecule has 1 amide bonds. The van der Waals surface area contributed by atoms with Gasteiger partial charge in [0.05, 0.1) is 26.1 Å². The van der Waals surface area contributed by atoms with Crippen LogP contribution in [0, 0.1) is 0 Å². The first kappa shape index (κ1) is 12.2. The maximum Gasteiger partial charge on any atom is 0.329 e. The molecule has 0 N–H and O–H groups in total. The molecule has 7 heteroatoms. The number of ether oxygens (including phenoxy) is 1. The third kappa shape index (κ3) is 2.39. The molecule has 3 nitrogen and oxygen atoms in total. The minimum absolute atomic E-state index is 0.0342. The predicted molar refractivity (Wildman–Crippen MR) is 43.0 cm³/mol. The van der Waals surface area contributed by atoms with E-state index >= 15 is 0 Å². The molecule has 15 heavy (non-hydrogen) atoms. The molecule has 0 unspecified atom stereocenters. The van der Waals surface area contributed by atoms with Gasteiger partial charge in [-0.2, -0.15) is 17.6 Å². The summed E-state index contributed by atoms with van der Waals surface area (Å²) >= 11 is 0. The summed E-state index contributed by atoms with van der Waals surface area (Å²) in [6, 6.07) is 0. The van der Waals surface area contributed by atoms with E-state index in [0.717, 1.165) is 0 Å². The fourth-order valence-electron chi connectivity index (χ4n) is 1.29. The molecule has 1 aliphatic rings. The van der Waals surface area contributed by atoms with Crippen molar-refractivity contribution in [2.24, 2.45) is 0 Å². The van der Waals surface area contributed by atoms with Crippen molar-refractivity contribution in [3.05, 3.63) is 0 Å². The summed E-state index contributed by atoms with van der Waals surface area (Å²) in [7, 11) is 1.33. The molecule has 0 aromatic heterocycles. The van der Waals surface area contributed by atoms with Crippen LogP contribution in [0.15, 0.2) is 0 Å². The molecule has 1 saturated heterocycles. The number of likely N-dealkylation sites (tertiary alicyclic amines) is 1. The molecule has 0 radical (unpaired) electrons. The number of nitrogens with zero attached hydrogens (tertiary/aromatic N) is 1. The summed E-state index contributed by atoms with van der Waals surface area (Å²) in [5.41, 5.74) is 0. The van der Waals surface area contributed by atoms with Crippen LogP contribution in [-0.2, 0) is 9.53 Å². The van der Waals surface area contributed by atoms with Crippen molar-refractivity contribution in [1.29, 1.82) is 0 Å². The zero-order valence-electron chi connectivity index (χ0n) is 8.10. The molecule has 0 atom stereocenters. The van der Waals surface area contributed by atoms with Gasteiger partial charge in [-0.05, 0) is 0 Å². The van der Waals surface area contributed by atoms with Gasteiger partial charge in [-0.1, -0.05) is 0 Å². The first-order valence-electron chi connectivity index (χ1n) is 4.32. The third-order valence-corrected chi connectivity index (χ3v) is 2.19. The van der Waals surface area contributed by atoms with Gasteiger partial charge in [0.2, 0.25) is 5.91 Å². The lowest BCUT2D eigenvalue weighted by atomic mass is 10.2. The molecule has 1 fully saturated rings. The van der Waals surface area contributed by atoms with Crippen molar-refractivity contribution in [3.63, 3.8) is 0 Å².